The van der Waals surface area contributed by atoms with Crippen LogP contribution in [0.3, 0.4) is 0 Å². The van der Waals surface area contributed by atoms with Gasteiger partial charge in [0, 0.05) is 10.7 Å². The second-order valence-corrected chi connectivity index (χ2v) is 8.65. The third kappa shape index (κ3) is 2.64. The van der Waals surface area contributed by atoms with E-state index in [-0.39, 0.29) is 18.3 Å². The monoisotopic (exact) mass is 304 g/mol. The van der Waals surface area contributed by atoms with Crippen molar-refractivity contribution in [2.45, 2.75) is 51.1 Å². The highest BCUT2D eigenvalue weighted by Gasteiger charge is 2.68. The molecule has 0 N–H and O–H groups in total. The summed E-state index contributed by atoms with van der Waals surface area (Å²) < 4.78 is 61.3. The quantitative estimate of drug-likeness (QED) is 0.726. The first-order valence-electron chi connectivity index (χ1n) is 6.07. The minimum atomic E-state index is -4.49. The molecule has 7 heteroatoms. The topological polar surface area (TPSA) is 34.1 Å². The fourth-order valence-corrected chi connectivity index (χ4v) is 5.41. The van der Waals surface area contributed by atoms with Crippen molar-refractivity contribution in [2.75, 3.05) is 5.75 Å². The number of alkyl halides is 3. The molecular weight excluding hydrogens is 289 g/mol. The Bertz CT molecular complexity index is 416. The zero-order chi connectivity index (χ0) is 13.7. The van der Waals surface area contributed by atoms with Crippen molar-refractivity contribution >= 4 is 19.7 Å². The van der Waals surface area contributed by atoms with Gasteiger partial charge in [-0.25, -0.2) is 8.42 Å². The van der Waals surface area contributed by atoms with Gasteiger partial charge in [0.2, 0.25) is 9.05 Å². The van der Waals surface area contributed by atoms with Crippen molar-refractivity contribution in [1.29, 1.82) is 0 Å². The summed E-state index contributed by atoms with van der Waals surface area (Å²) in [5, 5.41) is 0. The Morgan fingerprint density at radius 1 is 1.06 bits per heavy atom. The van der Waals surface area contributed by atoms with Crippen LogP contribution in [-0.4, -0.2) is 20.3 Å². The lowest BCUT2D eigenvalue weighted by Gasteiger charge is -2.58. The predicted octanol–water partition coefficient (Wildman–Crippen LogP) is 3.85. The number of rotatable bonds is 2. The molecule has 2 aliphatic rings. The SMILES string of the molecule is O=S(=O)(Cl)CC1(C(F)(F)F)CC2(CCCCC2)C1. The van der Waals surface area contributed by atoms with Crippen LogP contribution in [-0.2, 0) is 9.05 Å². The largest absolute Gasteiger partial charge is 0.395 e. The van der Waals surface area contributed by atoms with Crippen molar-refractivity contribution in [3.63, 3.8) is 0 Å². The number of halogens is 4. The Morgan fingerprint density at radius 3 is 1.94 bits per heavy atom. The highest BCUT2D eigenvalue weighted by Crippen LogP contribution is 2.67. The minimum absolute atomic E-state index is 0.0740. The van der Waals surface area contributed by atoms with Gasteiger partial charge in [-0.2, -0.15) is 13.2 Å². The zero-order valence-corrected chi connectivity index (χ0v) is 11.5. The van der Waals surface area contributed by atoms with E-state index < -0.39 is 26.4 Å². The molecule has 0 amide bonds. The molecular formula is C11H16ClF3O2S. The number of hydrogen-bond acceptors (Lipinski definition) is 2. The van der Waals surface area contributed by atoms with Crippen LogP contribution in [0.2, 0.25) is 0 Å². The standard InChI is InChI=1S/C11H16ClF3O2S/c12-18(16,17)8-10(11(13,14)15)6-9(7-10)4-2-1-3-5-9/h1-8H2. The summed E-state index contributed by atoms with van der Waals surface area (Å²) in [5.41, 5.74) is -2.39. The van der Waals surface area contributed by atoms with Crippen LogP contribution in [0, 0.1) is 10.8 Å². The van der Waals surface area contributed by atoms with Crippen LogP contribution in [0.25, 0.3) is 0 Å². The van der Waals surface area contributed by atoms with Gasteiger partial charge in [0.1, 0.15) is 0 Å². The molecule has 106 valence electrons. The first-order valence-corrected chi connectivity index (χ1v) is 8.55. The summed E-state index contributed by atoms with van der Waals surface area (Å²) in [4.78, 5) is 0. The third-order valence-corrected chi connectivity index (χ3v) is 5.62. The summed E-state index contributed by atoms with van der Waals surface area (Å²) in [6, 6.07) is 0. The molecule has 1 spiro atoms. The molecule has 2 saturated carbocycles. The average Bonchev–Trinajstić information content (AvgIpc) is 2.12. The average molecular weight is 305 g/mol. The molecule has 0 radical (unpaired) electrons. The Morgan fingerprint density at radius 2 is 1.56 bits per heavy atom. The fourth-order valence-electron chi connectivity index (χ4n) is 3.75. The van der Waals surface area contributed by atoms with E-state index >= 15 is 0 Å². The highest BCUT2D eigenvalue weighted by molar-refractivity contribution is 8.13. The minimum Gasteiger partial charge on any atom is -0.212 e. The second kappa shape index (κ2) is 4.27. The molecule has 0 unspecified atom stereocenters. The molecule has 2 aliphatic carbocycles. The van der Waals surface area contributed by atoms with Gasteiger partial charge >= 0.3 is 6.18 Å². The van der Waals surface area contributed by atoms with E-state index in [4.69, 9.17) is 10.7 Å². The van der Waals surface area contributed by atoms with Crippen molar-refractivity contribution in [3.8, 4) is 0 Å². The van der Waals surface area contributed by atoms with E-state index in [1.54, 1.807) is 0 Å². The first kappa shape index (κ1) is 14.4. The van der Waals surface area contributed by atoms with Crippen LogP contribution in [0.15, 0.2) is 0 Å². The highest BCUT2D eigenvalue weighted by atomic mass is 35.7. The van der Waals surface area contributed by atoms with Gasteiger partial charge in [-0.1, -0.05) is 19.3 Å². The number of hydrogen-bond donors (Lipinski definition) is 0. The summed E-state index contributed by atoms with van der Waals surface area (Å²) >= 11 is 0. The molecule has 0 aliphatic heterocycles. The molecule has 18 heavy (non-hydrogen) atoms. The molecule has 0 heterocycles. The summed E-state index contributed by atoms with van der Waals surface area (Å²) in [6.45, 7) is 0. The Hall–Kier alpha value is 0.0300. The van der Waals surface area contributed by atoms with Crippen LogP contribution in [0.5, 0.6) is 0 Å². The van der Waals surface area contributed by atoms with Gasteiger partial charge in [0.05, 0.1) is 11.2 Å². The lowest BCUT2D eigenvalue weighted by molar-refractivity contribution is -0.277. The van der Waals surface area contributed by atoms with E-state index in [1.807, 2.05) is 0 Å². The maximum atomic E-state index is 13.1. The molecule has 0 bridgehead atoms. The summed E-state index contributed by atoms with van der Waals surface area (Å²) in [7, 11) is 0.907. The molecule has 0 aromatic rings. The van der Waals surface area contributed by atoms with E-state index in [1.165, 1.54) is 0 Å². The maximum Gasteiger partial charge on any atom is 0.395 e. The molecule has 0 saturated heterocycles. The van der Waals surface area contributed by atoms with Crippen LogP contribution in [0.1, 0.15) is 44.9 Å². The van der Waals surface area contributed by atoms with Gasteiger partial charge in [0.15, 0.2) is 0 Å². The molecule has 0 aromatic heterocycles. The third-order valence-electron chi connectivity index (χ3n) is 4.39. The van der Waals surface area contributed by atoms with Crippen LogP contribution < -0.4 is 0 Å². The van der Waals surface area contributed by atoms with E-state index in [2.05, 4.69) is 0 Å². The van der Waals surface area contributed by atoms with Gasteiger partial charge in [-0.3, -0.25) is 0 Å². The van der Waals surface area contributed by atoms with Crippen LogP contribution in [0.4, 0.5) is 13.2 Å². The Balaban J connectivity index is 2.17. The zero-order valence-electron chi connectivity index (χ0n) is 9.89. The Kier molecular flexibility index (Phi) is 3.42. The molecule has 2 rings (SSSR count). The molecule has 2 nitrogen and oxygen atoms in total. The van der Waals surface area contributed by atoms with Crippen LogP contribution >= 0.6 is 10.7 Å². The van der Waals surface area contributed by atoms with Crippen molar-refractivity contribution in [1.82, 2.24) is 0 Å². The molecule has 0 atom stereocenters. The lowest BCUT2D eigenvalue weighted by atomic mass is 9.49. The predicted molar refractivity (Wildman–Crippen MR) is 62.9 cm³/mol. The van der Waals surface area contributed by atoms with E-state index in [0.29, 0.717) is 0 Å². The van der Waals surface area contributed by atoms with Gasteiger partial charge in [-0.15, -0.1) is 0 Å². The second-order valence-electron chi connectivity index (χ2n) is 5.88. The van der Waals surface area contributed by atoms with Crippen molar-refractivity contribution in [2.24, 2.45) is 10.8 Å². The lowest BCUT2D eigenvalue weighted by Crippen LogP contribution is -2.58. The van der Waals surface area contributed by atoms with E-state index in [0.717, 1.165) is 32.1 Å². The van der Waals surface area contributed by atoms with Crippen molar-refractivity contribution in [3.05, 3.63) is 0 Å². The summed E-state index contributed by atoms with van der Waals surface area (Å²) in [5.74, 6) is -0.979. The first-order chi connectivity index (χ1) is 8.08. The van der Waals surface area contributed by atoms with Crippen molar-refractivity contribution < 1.29 is 21.6 Å². The van der Waals surface area contributed by atoms with E-state index in [9.17, 15) is 21.6 Å². The molecule has 0 aromatic carbocycles. The van der Waals surface area contributed by atoms with Gasteiger partial charge in [0.25, 0.3) is 0 Å². The molecule has 2 fully saturated rings. The van der Waals surface area contributed by atoms with Gasteiger partial charge < -0.3 is 0 Å². The fraction of sp³-hybridized carbons (Fsp3) is 1.00. The van der Waals surface area contributed by atoms with Gasteiger partial charge in [-0.05, 0) is 31.1 Å². The Labute approximate surface area is 109 Å². The maximum absolute atomic E-state index is 13.1. The normalized spacial score (nSPS) is 26.9. The summed E-state index contributed by atoms with van der Waals surface area (Å²) in [6.07, 6.45) is -0.111. The smallest absolute Gasteiger partial charge is 0.212 e.